The number of para-hydroxylation sites is 1. The molecule has 0 heterocycles. The van der Waals surface area contributed by atoms with Crippen molar-refractivity contribution in [3.05, 3.63) is 29.6 Å². The van der Waals surface area contributed by atoms with Crippen LogP contribution in [0.15, 0.2) is 18.2 Å². The number of nitrogens with zero attached hydrogens (tertiary/aromatic N) is 1. The molecule has 0 fully saturated rings. The van der Waals surface area contributed by atoms with E-state index >= 15 is 0 Å². The number of hydrogen-bond donors (Lipinski definition) is 1. The standard InChI is InChI=1S/C13H20FNO/c1-4-15(8-10(2)3)9-11-6-5-7-12(14)13(11)16/h5-7,10,16H,4,8-9H2,1-3H3. The van der Waals surface area contributed by atoms with E-state index in [4.69, 9.17) is 0 Å². The Kier molecular flexibility index (Phi) is 4.74. The average molecular weight is 225 g/mol. The number of aromatic hydroxyl groups is 1. The lowest BCUT2D eigenvalue weighted by atomic mass is 10.1. The predicted octanol–water partition coefficient (Wildman–Crippen LogP) is 3.01. The first-order chi connectivity index (χ1) is 7.54. The molecule has 1 aromatic rings. The first-order valence-electron chi connectivity index (χ1n) is 5.73. The number of phenolic OH excluding ortho intramolecular Hbond substituents is 1. The van der Waals surface area contributed by atoms with E-state index in [0.717, 1.165) is 13.1 Å². The third-order valence-electron chi connectivity index (χ3n) is 2.53. The van der Waals surface area contributed by atoms with Gasteiger partial charge in [-0.1, -0.05) is 32.9 Å². The molecule has 0 aliphatic rings. The van der Waals surface area contributed by atoms with Crippen LogP contribution in [0.2, 0.25) is 0 Å². The fourth-order valence-corrected chi connectivity index (χ4v) is 1.75. The van der Waals surface area contributed by atoms with Gasteiger partial charge in [-0.15, -0.1) is 0 Å². The van der Waals surface area contributed by atoms with Crippen LogP contribution < -0.4 is 0 Å². The zero-order valence-electron chi connectivity index (χ0n) is 10.2. The molecule has 0 radical (unpaired) electrons. The fourth-order valence-electron chi connectivity index (χ4n) is 1.75. The van der Waals surface area contributed by atoms with Crippen LogP contribution >= 0.6 is 0 Å². The maximum absolute atomic E-state index is 13.1. The van der Waals surface area contributed by atoms with Crippen molar-refractivity contribution < 1.29 is 9.50 Å². The Balaban J connectivity index is 2.74. The van der Waals surface area contributed by atoms with Gasteiger partial charge in [-0.3, -0.25) is 4.90 Å². The molecule has 1 aromatic carbocycles. The normalized spacial score (nSPS) is 11.4. The summed E-state index contributed by atoms with van der Waals surface area (Å²) in [4.78, 5) is 2.19. The van der Waals surface area contributed by atoms with Crippen molar-refractivity contribution in [2.45, 2.75) is 27.3 Å². The molecule has 0 amide bonds. The Morgan fingerprint density at radius 1 is 1.38 bits per heavy atom. The highest BCUT2D eigenvalue weighted by Crippen LogP contribution is 2.22. The van der Waals surface area contributed by atoms with E-state index in [1.54, 1.807) is 12.1 Å². The highest BCUT2D eigenvalue weighted by atomic mass is 19.1. The highest BCUT2D eigenvalue weighted by molar-refractivity contribution is 5.33. The van der Waals surface area contributed by atoms with Gasteiger partial charge in [0.25, 0.3) is 0 Å². The van der Waals surface area contributed by atoms with Crippen molar-refractivity contribution in [2.75, 3.05) is 13.1 Å². The van der Waals surface area contributed by atoms with Crippen LogP contribution in [0.3, 0.4) is 0 Å². The lowest BCUT2D eigenvalue weighted by Gasteiger charge is -2.22. The number of phenols is 1. The third-order valence-corrected chi connectivity index (χ3v) is 2.53. The molecule has 1 rings (SSSR count). The zero-order valence-corrected chi connectivity index (χ0v) is 10.2. The highest BCUT2D eigenvalue weighted by Gasteiger charge is 2.11. The number of halogens is 1. The molecule has 0 atom stereocenters. The molecule has 90 valence electrons. The molecule has 0 unspecified atom stereocenters. The second kappa shape index (κ2) is 5.85. The fraction of sp³-hybridized carbons (Fsp3) is 0.538. The van der Waals surface area contributed by atoms with E-state index in [9.17, 15) is 9.50 Å². The minimum Gasteiger partial charge on any atom is -0.505 e. The number of benzene rings is 1. The van der Waals surface area contributed by atoms with E-state index in [1.165, 1.54) is 6.07 Å². The zero-order chi connectivity index (χ0) is 12.1. The van der Waals surface area contributed by atoms with Crippen molar-refractivity contribution in [2.24, 2.45) is 5.92 Å². The summed E-state index contributed by atoms with van der Waals surface area (Å²) in [6, 6.07) is 4.67. The summed E-state index contributed by atoms with van der Waals surface area (Å²) < 4.78 is 13.1. The predicted molar refractivity (Wildman–Crippen MR) is 63.9 cm³/mol. The van der Waals surface area contributed by atoms with Gasteiger partial charge in [-0.05, 0) is 18.5 Å². The van der Waals surface area contributed by atoms with Crippen LogP contribution in [-0.2, 0) is 6.54 Å². The Morgan fingerprint density at radius 2 is 2.06 bits per heavy atom. The van der Waals surface area contributed by atoms with Gasteiger partial charge in [0, 0.05) is 18.7 Å². The molecule has 3 heteroatoms. The minimum absolute atomic E-state index is 0.218. The van der Waals surface area contributed by atoms with Crippen LogP contribution in [-0.4, -0.2) is 23.1 Å². The lowest BCUT2D eigenvalue weighted by molar-refractivity contribution is 0.244. The Bertz CT molecular complexity index is 339. The van der Waals surface area contributed by atoms with E-state index in [0.29, 0.717) is 18.0 Å². The molecule has 0 aliphatic heterocycles. The summed E-state index contributed by atoms with van der Waals surface area (Å²) in [7, 11) is 0. The van der Waals surface area contributed by atoms with E-state index in [-0.39, 0.29) is 5.75 Å². The second-order valence-corrected chi connectivity index (χ2v) is 4.47. The number of hydrogen-bond acceptors (Lipinski definition) is 2. The average Bonchev–Trinajstić information content (AvgIpc) is 2.23. The largest absolute Gasteiger partial charge is 0.505 e. The summed E-state index contributed by atoms with van der Waals surface area (Å²) >= 11 is 0. The SMILES string of the molecule is CCN(Cc1cccc(F)c1O)CC(C)C. The van der Waals surface area contributed by atoms with Crippen LogP contribution in [0, 0.1) is 11.7 Å². The van der Waals surface area contributed by atoms with E-state index in [1.807, 2.05) is 0 Å². The summed E-state index contributed by atoms with van der Waals surface area (Å²) in [6.07, 6.45) is 0. The van der Waals surface area contributed by atoms with Gasteiger partial charge in [-0.25, -0.2) is 4.39 Å². The van der Waals surface area contributed by atoms with Gasteiger partial charge < -0.3 is 5.11 Å². The van der Waals surface area contributed by atoms with Gasteiger partial charge in [0.15, 0.2) is 11.6 Å². The number of rotatable bonds is 5. The second-order valence-electron chi connectivity index (χ2n) is 4.47. The van der Waals surface area contributed by atoms with Crippen LogP contribution in [0.4, 0.5) is 4.39 Å². The third kappa shape index (κ3) is 3.49. The molecular formula is C13H20FNO. The summed E-state index contributed by atoms with van der Waals surface area (Å²) in [5.74, 6) is -0.196. The minimum atomic E-state index is -0.543. The Hall–Kier alpha value is -1.09. The smallest absolute Gasteiger partial charge is 0.165 e. The molecule has 0 aliphatic carbocycles. The molecule has 16 heavy (non-hydrogen) atoms. The van der Waals surface area contributed by atoms with Crippen LogP contribution in [0.1, 0.15) is 26.3 Å². The molecule has 0 spiro atoms. The molecule has 2 nitrogen and oxygen atoms in total. The molecule has 0 bridgehead atoms. The monoisotopic (exact) mass is 225 g/mol. The van der Waals surface area contributed by atoms with Gasteiger partial charge >= 0.3 is 0 Å². The molecule has 0 saturated heterocycles. The van der Waals surface area contributed by atoms with Crippen molar-refractivity contribution >= 4 is 0 Å². The first-order valence-corrected chi connectivity index (χ1v) is 5.73. The summed E-state index contributed by atoms with van der Waals surface area (Å²) in [6.45, 7) is 8.81. The first kappa shape index (κ1) is 13.0. The van der Waals surface area contributed by atoms with E-state index in [2.05, 4.69) is 25.7 Å². The maximum Gasteiger partial charge on any atom is 0.165 e. The Labute approximate surface area is 96.7 Å². The summed E-state index contributed by atoms with van der Waals surface area (Å²) in [5, 5.41) is 9.57. The summed E-state index contributed by atoms with van der Waals surface area (Å²) in [5.41, 5.74) is 0.655. The molecular weight excluding hydrogens is 205 g/mol. The van der Waals surface area contributed by atoms with Crippen molar-refractivity contribution in [3.63, 3.8) is 0 Å². The Morgan fingerprint density at radius 3 is 2.62 bits per heavy atom. The van der Waals surface area contributed by atoms with Crippen molar-refractivity contribution in [1.29, 1.82) is 0 Å². The van der Waals surface area contributed by atoms with Crippen molar-refractivity contribution in [3.8, 4) is 5.75 Å². The van der Waals surface area contributed by atoms with Crippen LogP contribution in [0.5, 0.6) is 5.75 Å². The quantitative estimate of drug-likeness (QED) is 0.832. The van der Waals surface area contributed by atoms with Gasteiger partial charge in [0.1, 0.15) is 0 Å². The van der Waals surface area contributed by atoms with E-state index < -0.39 is 5.82 Å². The van der Waals surface area contributed by atoms with Crippen LogP contribution in [0.25, 0.3) is 0 Å². The molecule has 0 aromatic heterocycles. The van der Waals surface area contributed by atoms with Crippen molar-refractivity contribution in [1.82, 2.24) is 4.90 Å². The molecule has 1 N–H and O–H groups in total. The lowest BCUT2D eigenvalue weighted by Crippen LogP contribution is -2.27. The van der Waals surface area contributed by atoms with Gasteiger partial charge in [0.05, 0.1) is 0 Å². The topological polar surface area (TPSA) is 23.5 Å². The van der Waals surface area contributed by atoms with Gasteiger partial charge in [0.2, 0.25) is 0 Å². The van der Waals surface area contributed by atoms with Gasteiger partial charge in [-0.2, -0.15) is 0 Å². The maximum atomic E-state index is 13.1. The molecule has 0 saturated carbocycles.